The SMILES string of the molecule is O=C(NC1CCCCC1)OCC(F)(F)C(F)(F)C(F)(F)C(F)(F)C(F)(F)C(F)(F)C(F)(F)C(F)F. The molecule has 1 N–H and O–H groups in total. The Kier molecular flexibility index (Phi) is 8.51. The molecular formula is C16H15F16NO2. The third-order valence-corrected chi connectivity index (χ3v) is 5.04. The highest BCUT2D eigenvalue weighted by Crippen LogP contribution is 2.62. The molecule has 1 aliphatic carbocycles. The second-order valence-corrected chi connectivity index (χ2v) is 7.56. The quantitative estimate of drug-likeness (QED) is 0.302. The Morgan fingerprint density at radius 3 is 1.51 bits per heavy atom. The van der Waals surface area contributed by atoms with Crippen molar-refractivity contribution >= 4 is 6.09 Å². The van der Waals surface area contributed by atoms with E-state index in [-0.39, 0.29) is 12.8 Å². The van der Waals surface area contributed by atoms with Crippen molar-refractivity contribution < 1.29 is 79.8 Å². The Hall–Kier alpha value is -1.85. The van der Waals surface area contributed by atoms with Crippen LogP contribution < -0.4 is 5.32 Å². The molecule has 1 amide bonds. The first kappa shape index (κ1) is 31.2. The van der Waals surface area contributed by atoms with E-state index in [9.17, 15) is 75.0 Å². The van der Waals surface area contributed by atoms with Crippen LogP contribution in [0.15, 0.2) is 0 Å². The minimum atomic E-state index is -8.47. The second kappa shape index (κ2) is 9.55. The lowest BCUT2D eigenvalue weighted by Crippen LogP contribution is -2.74. The molecule has 0 radical (unpaired) electrons. The highest BCUT2D eigenvalue weighted by molar-refractivity contribution is 5.67. The van der Waals surface area contributed by atoms with Gasteiger partial charge in [0.1, 0.15) is 0 Å². The molecule has 0 spiro atoms. The van der Waals surface area contributed by atoms with Crippen molar-refractivity contribution in [3.05, 3.63) is 0 Å². The lowest BCUT2D eigenvalue weighted by molar-refractivity contribution is -0.447. The molecule has 0 saturated heterocycles. The zero-order valence-electron chi connectivity index (χ0n) is 16.8. The number of nitrogens with one attached hydrogen (secondary N) is 1. The molecule has 0 aromatic carbocycles. The summed E-state index contributed by atoms with van der Waals surface area (Å²) >= 11 is 0. The van der Waals surface area contributed by atoms with Gasteiger partial charge in [0.15, 0.2) is 6.61 Å². The lowest BCUT2D eigenvalue weighted by Gasteiger charge is -2.42. The summed E-state index contributed by atoms with van der Waals surface area (Å²) in [4.78, 5) is 11.4. The van der Waals surface area contributed by atoms with E-state index in [1.807, 2.05) is 5.32 Å². The van der Waals surface area contributed by atoms with Gasteiger partial charge in [0.2, 0.25) is 0 Å². The van der Waals surface area contributed by atoms with Gasteiger partial charge in [-0.15, -0.1) is 0 Å². The van der Waals surface area contributed by atoms with Crippen LogP contribution in [0.3, 0.4) is 0 Å². The number of rotatable bonds is 10. The van der Waals surface area contributed by atoms with Gasteiger partial charge in [0.25, 0.3) is 0 Å². The number of ether oxygens (including phenoxy) is 1. The molecule has 35 heavy (non-hydrogen) atoms. The molecule has 0 unspecified atom stereocenters. The fourth-order valence-corrected chi connectivity index (χ4v) is 2.87. The highest BCUT2D eigenvalue weighted by atomic mass is 19.4. The van der Waals surface area contributed by atoms with Crippen LogP contribution in [0.1, 0.15) is 32.1 Å². The molecule has 19 heteroatoms. The maximum absolute atomic E-state index is 13.7. The second-order valence-electron chi connectivity index (χ2n) is 7.56. The van der Waals surface area contributed by atoms with E-state index < -0.39 is 66.6 Å². The van der Waals surface area contributed by atoms with Crippen LogP contribution in [0.2, 0.25) is 0 Å². The van der Waals surface area contributed by atoms with E-state index in [0.717, 1.165) is 0 Å². The lowest BCUT2D eigenvalue weighted by atomic mass is 9.89. The maximum Gasteiger partial charge on any atom is 0.407 e. The van der Waals surface area contributed by atoms with Crippen LogP contribution in [-0.2, 0) is 4.74 Å². The summed E-state index contributed by atoms with van der Waals surface area (Å²) in [5, 5.41) is 1.83. The number of alkyl halides is 16. The van der Waals surface area contributed by atoms with E-state index in [0.29, 0.717) is 19.3 Å². The number of amides is 1. The Balaban J connectivity index is 3.21. The van der Waals surface area contributed by atoms with Crippen LogP contribution in [0.25, 0.3) is 0 Å². The molecule has 0 aromatic heterocycles. The highest BCUT2D eigenvalue weighted by Gasteiger charge is 2.93. The number of hydrogen-bond acceptors (Lipinski definition) is 2. The molecule has 1 aliphatic rings. The van der Waals surface area contributed by atoms with Crippen LogP contribution >= 0.6 is 0 Å². The average Bonchev–Trinajstić information content (AvgIpc) is 2.72. The smallest absolute Gasteiger partial charge is 0.407 e. The Bertz CT molecular complexity index is 748. The first-order chi connectivity index (χ1) is 15.4. The van der Waals surface area contributed by atoms with E-state index in [1.165, 1.54) is 0 Å². The molecule has 0 heterocycles. The van der Waals surface area contributed by atoms with Crippen molar-refractivity contribution in [3.8, 4) is 0 Å². The summed E-state index contributed by atoms with van der Waals surface area (Å²) in [6, 6.07) is -0.742. The average molecular weight is 557 g/mol. The molecule has 3 nitrogen and oxygen atoms in total. The zero-order chi connectivity index (χ0) is 27.9. The predicted octanol–water partition coefficient (Wildman–Crippen LogP) is 6.76. The van der Waals surface area contributed by atoms with Gasteiger partial charge in [0, 0.05) is 6.04 Å². The zero-order valence-corrected chi connectivity index (χ0v) is 16.8. The minimum absolute atomic E-state index is 0.249. The maximum atomic E-state index is 13.7. The molecule has 0 atom stereocenters. The predicted molar refractivity (Wildman–Crippen MR) is 82.0 cm³/mol. The van der Waals surface area contributed by atoms with Gasteiger partial charge < -0.3 is 10.1 Å². The summed E-state index contributed by atoms with van der Waals surface area (Å²) in [6.45, 7) is -3.18. The normalized spacial score (nSPS) is 18.1. The number of halogens is 16. The fourth-order valence-electron chi connectivity index (χ4n) is 2.87. The van der Waals surface area contributed by atoms with Crippen molar-refractivity contribution in [2.75, 3.05) is 6.61 Å². The van der Waals surface area contributed by atoms with Crippen LogP contribution in [0.4, 0.5) is 75.0 Å². The first-order valence-corrected chi connectivity index (χ1v) is 9.28. The van der Waals surface area contributed by atoms with Gasteiger partial charge in [-0.05, 0) is 12.8 Å². The number of hydrogen-bond donors (Lipinski definition) is 1. The minimum Gasteiger partial charge on any atom is -0.443 e. The van der Waals surface area contributed by atoms with Gasteiger partial charge in [-0.2, -0.15) is 61.5 Å². The molecule has 1 saturated carbocycles. The number of carbonyl (C=O) groups excluding carboxylic acids is 1. The number of carbonyl (C=O) groups is 1. The van der Waals surface area contributed by atoms with Gasteiger partial charge in [-0.3, -0.25) is 0 Å². The van der Waals surface area contributed by atoms with E-state index in [1.54, 1.807) is 0 Å². The summed E-state index contributed by atoms with van der Waals surface area (Å²) in [6.07, 6.45) is -5.61. The molecule has 0 bridgehead atoms. The first-order valence-electron chi connectivity index (χ1n) is 9.28. The van der Waals surface area contributed by atoms with Crippen molar-refractivity contribution in [2.45, 2.75) is 86.0 Å². The molecule has 1 fully saturated rings. The van der Waals surface area contributed by atoms with Crippen LogP contribution in [-0.4, -0.2) is 66.6 Å². The standard InChI is InChI=1S/C16H15F16NO2/c17-8(18)11(21,22)13(25,26)15(29,30)16(31,32)14(27,28)12(23,24)10(19,20)6-35-9(34)33-7-4-2-1-3-5-7/h7-8H,1-6H2,(H,33,34). The Morgan fingerprint density at radius 2 is 1.09 bits per heavy atom. The molecule has 208 valence electrons. The topological polar surface area (TPSA) is 38.3 Å². The van der Waals surface area contributed by atoms with Gasteiger partial charge in [-0.25, -0.2) is 13.6 Å². The number of alkyl carbamates (subject to hydrolysis) is 1. The Morgan fingerprint density at radius 1 is 0.686 bits per heavy atom. The van der Waals surface area contributed by atoms with E-state index in [4.69, 9.17) is 0 Å². The van der Waals surface area contributed by atoms with Crippen molar-refractivity contribution in [3.63, 3.8) is 0 Å². The van der Waals surface area contributed by atoms with Gasteiger partial charge >= 0.3 is 54.0 Å². The van der Waals surface area contributed by atoms with Gasteiger partial charge in [-0.1, -0.05) is 19.3 Å². The van der Waals surface area contributed by atoms with E-state index >= 15 is 0 Å². The molecule has 0 aliphatic heterocycles. The largest absolute Gasteiger partial charge is 0.443 e. The van der Waals surface area contributed by atoms with Crippen LogP contribution in [0.5, 0.6) is 0 Å². The van der Waals surface area contributed by atoms with E-state index in [2.05, 4.69) is 4.74 Å². The molecular weight excluding hydrogens is 542 g/mol. The van der Waals surface area contributed by atoms with Crippen molar-refractivity contribution in [1.29, 1.82) is 0 Å². The monoisotopic (exact) mass is 557 g/mol. The third kappa shape index (κ3) is 5.04. The summed E-state index contributed by atoms with van der Waals surface area (Å²) in [7, 11) is 0. The Labute approximate surface area is 185 Å². The summed E-state index contributed by atoms with van der Waals surface area (Å²) < 4.78 is 215. The summed E-state index contributed by atoms with van der Waals surface area (Å²) in [5.74, 6) is -55.3. The van der Waals surface area contributed by atoms with Crippen molar-refractivity contribution in [2.24, 2.45) is 0 Å². The van der Waals surface area contributed by atoms with Crippen molar-refractivity contribution in [1.82, 2.24) is 5.32 Å². The molecule has 1 rings (SSSR count). The molecule has 0 aromatic rings. The van der Waals surface area contributed by atoms with Gasteiger partial charge in [0.05, 0.1) is 0 Å². The summed E-state index contributed by atoms with van der Waals surface area (Å²) in [5.41, 5.74) is 0. The van der Waals surface area contributed by atoms with Crippen LogP contribution in [0, 0.1) is 0 Å². The third-order valence-electron chi connectivity index (χ3n) is 5.04. The fraction of sp³-hybridized carbons (Fsp3) is 0.938.